The minimum Gasteiger partial charge on any atom is -0.348 e. The van der Waals surface area contributed by atoms with Gasteiger partial charge in [0.1, 0.15) is 6.54 Å². The SMILES string of the molecule is C[C@H](NC(=O)Cn1cc(-c2ccccc2)sc1=O)c1ccccc1. The van der Waals surface area contributed by atoms with Crippen LogP contribution in [0.5, 0.6) is 0 Å². The molecule has 0 saturated carbocycles. The maximum absolute atomic E-state index is 12.2. The summed E-state index contributed by atoms with van der Waals surface area (Å²) < 4.78 is 1.46. The maximum Gasteiger partial charge on any atom is 0.308 e. The first-order valence-corrected chi connectivity index (χ1v) is 8.55. The Morgan fingerprint density at radius 2 is 1.71 bits per heavy atom. The Bertz CT molecular complexity index is 869. The van der Waals surface area contributed by atoms with E-state index in [2.05, 4.69) is 5.32 Å². The normalized spacial score (nSPS) is 11.9. The van der Waals surface area contributed by atoms with Crippen molar-refractivity contribution in [3.63, 3.8) is 0 Å². The predicted molar refractivity (Wildman–Crippen MR) is 97.0 cm³/mol. The molecule has 1 heterocycles. The molecular weight excluding hydrogens is 320 g/mol. The Hall–Kier alpha value is -2.66. The number of hydrogen-bond donors (Lipinski definition) is 1. The fourth-order valence-corrected chi connectivity index (χ4v) is 3.34. The fraction of sp³-hybridized carbons (Fsp3) is 0.158. The third-order valence-corrected chi connectivity index (χ3v) is 4.72. The van der Waals surface area contributed by atoms with E-state index >= 15 is 0 Å². The molecule has 0 aliphatic rings. The highest BCUT2D eigenvalue weighted by molar-refractivity contribution is 7.12. The Balaban J connectivity index is 1.69. The first-order chi connectivity index (χ1) is 11.6. The first-order valence-electron chi connectivity index (χ1n) is 7.73. The summed E-state index contributed by atoms with van der Waals surface area (Å²) in [5.74, 6) is -0.175. The maximum atomic E-state index is 12.2. The zero-order chi connectivity index (χ0) is 16.9. The van der Waals surface area contributed by atoms with Gasteiger partial charge in [0, 0.05) is 6.20 Å². The number of rotatable bonds is 5. The lowest BCUT2D eigenvalue weighted by atomic mass is 10.1. The van der Waals surface area contributed by atoms with Gasteiger partial charge in [-0.05, 0) is 18.1 Å². The average Bonchev–Trinajstić information content (AvgIpc) is 2.97. The van der Waals surface area contributed by atoms with Crippen molar-refractivity contribution in [3.05, 3.63) is 82.1 Å². The molecule has 1 amide bonds. The van der Waals surface area contributed by atoms with E-state index in [-0.39, 0.29) is 23.4 Å². The second-order valence-corrected chi connectivity index (χ2v) is 6.55. The number of benzene rings is 2. The van der Waals surface area contributed by atoms with E-state index in [1.165, 1.54) is 4.57 Å². The van der Waals surface area contributed by atoms with Crippen LogP contribution in [0.4, 0.5) is 0 Å². The smallest absolute Gasteiger partial charge is 0.308 e. The minimum absolute atomic E-state index is 0.0271. The molecule has 1 atom stereocenters. The number of nitrogens with zero attached hydrogens (tertiary/aromatic N) is 1. The summed E-state index contributed by atoms with van der Waals surface area (Å²) in [6, 6.07) is 19.3. The Kier molecular flexibility index (Phi) is 4.91. The second-order valence-electron chi connectivity index (χ2n) is 5.56. The van der Waals surface area contributed by atoms with Crippen LogP contribution in [0.15, 0.2) is 71.7 Å². The van der Waals surface area contributed by atoms with Crippen LogP contribution in [-0.4, -0.2) is 10.5 Å². The molecule has 3 rings (SSSR count). The van der Waals surface area contributed by atoms with Crippen molar-refractivity contribution in [2.45, 2.75) is 19.5 Å². The summed E-state index contributed by atoms with van der Waals surface area (Å²) in [7, 11) is 0. The molecule has 0 radical (unpaired) electrons. The van der Waals surface area contributed by atoms with Crippen molar-refractivity contribution >= 4 is 17.2 Å². The summed E-state index contributed by atoms with van der Waals surface area (Å²) in [5, 5.41) is 2.93. The third-order valence-electron chi connectivity index (χ3n) is 3.75. The summed E-state index contributed by atoms with van der Waals surface area (Å²) in [6.45, 7) is 1.96. The van der Waals surface area contributed by atoms with E-state index < -0.39 is 0 Å². The van der Waals surface area contributed by atoms with Gasteiger partial charge in [-0.2, -0.15) is 0 Å². The number of hydrogen-bond acceptors (Lipinski definition) is 3. The number of amides is 1. The van der Waals surface area contributed by atoms with Crippen LogP contribution in [0.25, 0.3) is 10.4 Å². The van der Waals surface area contributed by atoms with E-state index in [4.69, 9.17) is 0 Å². The van der Waals surface area contributed by atoms with Crippen LogP contribution in [0.3, 0.4) is 0 Å². The molecule has 1 N–H and O–H groups in total. The Morgan fingerprint density at radius 3 is 2.38 bits per heavy atom. The quantitative estimate of drug-likeness (QED) is 0.774. The van der Waals surface area contributed by atoms with E-state index in [9.17, 15) is 9.59 Å². The Morgan fingerprint density at radius 1 is 1.08 bits per heavy atom. The molecule has 24 heavy (non-hydrogen) atoms. The van der Waals surface area contributed by atoms with Gasteiger partial charge in [0.15, 0.2) is 0 Å². The molecule has 5 heteroatoms. The number of aromatic nitrogens is 1. The lowest BCUT2D eigenvalue weighted by Gasteiger charge is -2.14. The van der Waals surface area contributed by atoms with Gasteiger partial charge in [0.05, 0.1) is 10.9 Å². The summed E-state index contributed by atoms with van der Waals surface area (Å²) >= 11 is 1.15. The standard InChI is InChI=1S/C19H18N2O2S/c1-14(15-8-4-2-5-9-15)20-18(22)13-21-12-17(24-19(21)23)16-10-6-3-7-11-16/h2-12,14H,13H2,1H3,(H,20,22)/t14-/m0/s1. The van der Waals surface area contributed by atoms with Crippen LogP contribution in [-0.2, 0) is 11.3 Å². The van der Waals surface area contributed by atoms with Gasteiger partial charge in [-0.3, -0.25) is 14.2 Å². The highest BCUT2D eigenvalue weighted by Gasteiger charge is 2.12. The Labute approximate surface area is 144 Å². The van der Waals surface area contributed by atoms with Crippen LogP contribution >= 0.6 is 11.3 Å². The molecule has 4 nitrogen and oxygen atoms in total. The molecule has 0 aliphatic heterocycles. The van der Waals surface area contributed by atoms with Crippen molar-refractivity contribution in [3.8, 4) is 10.4 Å². The topological polar surface area (TPSA) is 51.1 Å². The fourth-order valence-electron chi connectivity index (χ4n) is 2.49. The summed E-state index contributed by atoms with van der Waals surface area (Å²) in [5.41, 5.74) is 2.02. The van der Waals surface area contributed by atoms with Gasteiger partial charge in [-0.1, -0.05) is 72.0 Å². The second kappa shape index (κ2) is 7.27. The van der Waals surface area contributed by atoms with E-state index in [1.807, 2.05) is 67.6 Å². The first kappa shape index (κ1) is 16.2. The molecule has 0 aliphatic carbocycles. The monoisotopic (exact) mass is 338 g/mol. The molecule has 0 bridgehead atoms. The van der Waals surface area contributed by atoms with Crippen LogP contribution in [0.1, 0.15) is 18.5 Å². The molecule has 0 fully saturated rings. The van der Waals surface area contributed by atoms with E-state index in [0.717, 1.165) is 27.3 Å². The molecule has 3 aromatic rings. The number of carbonyl (C=O) groups excluding carboxylic acids is 1. The molecule has 2 aromatic carbocycles. The third kappa shape index (κ3) is 3.81. The molecule has 0 unspecified atom stereocenters. The lowest BCUT2D eigenvalue weighted by molar-refractivity contribution is -0.122. The molecule has 122 valence electrons. The van der Waals surface area contributed by atoms with Gasteiger partial charge in [0.25, 0.3) is 0 Å². The minimum atomic E-state index is -0.175. The van der Waals surface area contributed by atoms with Crippen molar-refractivity contribution in [2.24, 2.45) is 0 Å². The van der Waals surface area contributed by atoms with E-state index in [1.54, 1.807) is 6.20 Å². The van der Waals surface area contributed by atoms with Gasteiger partial charge < -0.3 is 5.32 Å². The largest absolute Gasteiger partial charge is 0.348 e. The van der Waals surface area contributed by atoms with Crippen LogP contribution < -0.4 is 10.2 Å². The molecule has 1 aromatic heterocycles. The zero-order valence-corrected chi connectivity index (χ0v) is 14.1. The van der Waals surface area contributed by atoms with Gasteiger partial charge in [-0.25, -0.2) is 0 Å². The predicted octanol–water partition coefficient (Wildman–Crippen LogP) is 3.45. The zero-order valence-electron chi connectivity index (χ0n) is 13.3. The van der Waals surface area contributed by atoms with Crippen molar-refractivity contribution in [1.82, 2.24) is 9.88 Å². The van der Waals surface area contributed by atoms with Crippen LogP contribution in [0.2, 0.25) is 0 Å². The van der Waals surface area contributed by atoms with Crippen molar-refractivity contribution in [2.75, 3.05) is 0 Å². The van der Waals surface area contributed by atoms with E-state index in [0.29, 0.717) is 0 Å². The average molecular weight is 338 g/mol. The molecule has 0 spiro atoms. The lowest BCUT2D eigenvalue weighted by Crippen LogP contribution is -2.32. The highest BCUT2D eigenvalue weighted by Crippen LogP contribution is 2.21. The number of nitrogens with one attached hydrogen (secondary N) is 1. The van der Waals surface area contributed by atoms with Gasteiger partial charge in [-0.15, -0.1) is 0 Å². The van der Waals surface area contributed by atoms with Crippen molar-refractivity contribution in [1.29, 1.82) is 0 Å². The molecular formula is C19H18N2O2S. The molecule has 0 saturated heterocycles. The van der Waals surface area contributed by atoms with Gasteiger partial charge >= 0.3 is 4.87 Å². The summed E-state index contributed by atoms with van der Waals surface area (Å²) in [6.07, 6.45) is 1.75. The highest BCUT2D eigenvalue weighted by atomic mass is 32.1. The van der Waals surface area contributed by atoms with Crippen molar-refractivity contribution < 1.29 is 4.79 Å². The van der Waals surface area contributed by atoms with Crippen LogP contribution in [0, 0.1) is 0 Å². The number of thiazole rings is 1. The number of carbonyl (C=O) groups is 1. The van der Waals surface area contributed by atoms with Gasteiger partial charge in [0.2, 0.25) is 5.91 Å². The summed E-state index contributed by atoms with van der Waals surface area (Å²) in [4.78, 5) is 25.1.